The third kappa shape index (κ3) is 3.88. The van der Waals surface area contributed by atoms with Gasteiger partial charge in [-0.15, -0.1) is 0 Å². The van der Waals surface area contributed by atoms with Gasteiger partial charge in [0.15, 0.2) is 0 Å². The highest BCUT2D eigenvalue weighted by Crippen LogP contribution is 2.23. The van der Waals surface area contributed by atoms with Crippen LogP contribution in [0.25, 0.3) is 16.6 Å². The molecule has 0 atom stereocenters. The molecule has 0 aliphatic carbocycles. The summed E-state index contributed by atoms with van der Waals surface area (Å²) in [6.07, 6.45) is 2.50. The maximum atomic E-state index is 12.9. The molecule has 2 aromatic carbocycles. The molecular weight excluding hydrogens is 382 g/mol. The highest BCUT2D eigenvalue weighted by molar-refractivity contribution is 5.85. The summed E-state index contributed by atoms with van der Waals surface area (Å²) in [4.78, 5) is 25.8. The number of benzene rings is 2. The van der Waals surface area contributed by atoms with Gasteiger partial charge in [0, 0.05) is 42.0 Å². The van der Waals surface area contributed by atoms with E-state index >= 15 is 0 Å². The predicted molar refractivity (Wildman–Crippen MR) is 115 cm³/mol. The number of hydrogen-bond donors (Lipinski definition) is 1. The SMILES string of the molecule is N#Cc1cc2ccc(NCCN3CCCC3)cc2n(-c2ccc([N+](=O)[O-])cc2)c1=O. The summed E-state index contributed by atoms with van der Waals surface area (Å²) >= 11 is 0. The summed E-state index contributed by atoms with van der Waals surface area (Å²) < 4.78 is 1.43. The van der Waals surface area contributed by atoms with Crippen LogP contribution in [0.2, 0.25) is 0 Å². The lowest BCUT2D eigenvalue weighted by Gasteiger charge is -2.16. The first-order valence-electron chi connectivity index (χ1n) is 9.88. The molecule has 1 N–H and O–H groups in total. The number of anilines is 1. The van der Waals surface area contributed by atoms with Crippen LogP contribution in [0.1, 0.15) is 18.4 Å². The summed E-state index contributed by atoms with van der Waals surface area (Å²) in [6, 6.07) is 14.9. The summed E-state index contributed by atoms with van der Waals surface area (Å²) in [5.41, 5.74) is 1.50. The van der Waals surface area contributed by atoms with Gasteiger partial charge in [-0.2, -0.15) is 5.26 Å². The van der Waals surface area contributed by atoms with Gasteiger partial charge in [0.05, 0.1) is 10.4 Å². The molecule has 0 saturated carbocycles. The average molecular weight is 403 g/mol. The molecule has 1 fully saturated rings. The molecule has 1 aliphatic heterocycles. The Morgan fingerprint density at radius 1 is 1.10 bits per heavy atom. The number of nitro benzene ring substituents is 1. The Kier molecular flexibility index (Phi) is 5.46. The Hall–Kier alpha value is -3.70. The van der Waals surface area contributed by atoms with Gasteiger partial charge in [0.2, 0.25) is 0 Å². The van der Waals surface area contributed by atoms with E-state index in [-0.39, 0.29) is 11.3 Å². The summed E-state index contributed by atoms with van der Waals surface area (Å²) in [5, 5.41) is 24.5. The number of aromatic nitrogens is 1. The van der Waals surface area contributed by atoms with E-state index in [4.69, 9.17) is 0 Å². The first kappa shape index (κ1) is 19.6. The van der Waals surface area contributed by atoms with Crippen LogP contribution in [0.5, 0.6) is 0 Å². The fraction of sp³-hybridized carbons (Fsp3) is 0.273. The van der Waals surface area contributed by atoms with Crippen molar-refractivity contribution in [2.45, 2.75) is 12.8 Å². The Bertz CT molecular complexity index is 1190. The number of fused-ring (bicyclic) bond motifs is 1. The maximum absolute atomic E-state index is 12.9. The van der Waals surface area contributed by atoms with E-state index < -0.39 is 10.5 Å². The molecule has 1 saturated heterocycles. The van der Waals surface area contributed by atoms with Crippen molar-refractivity contribution in [3.05, 3.63) is 74.6 Å². The standard InChI is InChI=1S/C22H21N5O3/c23-15-17-13-16-3-4-18(24-9-12-25-10-1-2-11-25)14-21(16)26(22(17)28)19-5-7-20(8-6-19)27(29)30/h3-8,13-14,24H,1-2,9-12H2. The van der Waals surface area contributed by atoms with E-state index in [9.17, 15) is 20.2 Å². The largest absolute Gasteiger partial charge is 0.384 e. The fourth-order valence-electron chi connectivity index (χ4n) is 3.84. The van der Waals surface area contributed by atoms with Crippen LogP contribution < -0.4 is 10.9 Å². The molecule has 0 amide bonds. The Morgan fingerprint density at radius 3 is 2.50 bits per heavy atom. The summed E-state index contributed by atoms with van der Waals surface area (Å²) in [6.45, 7) is 4.02. The van der Waals surface area contributed by atoms with Gasteiger partial charge in [0.25, 0.3) is 11.2 Å². The summed E-state index contributed by atoms with van der Waals surface area (Å²) in [5.74, 6) is 0. The van der Waals surface area contributed by atoms with Crippen LogP contribution in [-0.4, -0.2) is 40.6 Å². The molecule has 0 unspecified atom stereocenters. The zero-order valence-electron chi connectivity index (χ0n) is 16.4. The highest BCUT2D eigenvalue weighted by Gasteiger charge is 2.14. The number of pyridine rings is 1. The molecule has 30 heavy (non-hydrogen) atoms. The Morgan fingerprint density at radius 2 is 1.83 bits per heavy atom. The van der Waals surface area contributed by atoms with Crippen molar-refractivity contribution in [2.24, 2.45) is 0 Å². The Labute approximate surface area is 173 Å². The van der Waals surface area contributed by atoms with Crippen LogP contribution in [0.4, 0.5) is 11.4 Å². The van der Waals surface area contributed by atoms with Gasteiger partial charge in [0.1, 0.15) is 11.6 Å². The molecule has 1 aliphatic rings. The van der Waals surface area contributed by atoms with Gasteiger partial charge >= 0.3 is 0 Å². The minimum atomic E-state index is -0.487. The molecule has 0 bridgehead atoms. The number of hydrogen-bond acceptors (Lipinski definition) is 6. The zero-order valence-corrected chi connectivity index (χ0v) is 16.4. The monoisotopic (exact) mass is 403 g/mol. The molecule has 4 rings (SSSR count). The van der Waals surface area contributed by atoms with E-state index in [0.29, 0.717) is 11.2 Å². The number of nitrogens with zero attached hydrogens (tertiary/aromatic N) is 4. The van der Waals surface area contributed by atoms with Crippen LogP contribution in [0.3, 0.4) is 0 Å². The molecule has 8 heteroatoms. The van der Waals surface area contributed by atoms with Crippen molar-refractivity contribution in [3.63, 3.8) is 0 Å². The van der Waals surface area contributed by atoms with E-state index in [2.05, 4.69) is 10.2 Å². The van der Waals surface area contributed by atoms with Crippen molar-refractivity contribution < 1.29 is 4.92 Å². The number of nitrogens with one attached hydrogen (secondary N) is 1. The van der Waals surface area contributed by atoms with Gasteiger partial charge in [-0.05, 0) is 56.3 Å². The van der Waals surface area contributed by atoms with Gasteiger partial charge in [-0.25, -0.2) is 0 Å². The molecule has 3 aromatic rings. The quantitative estimate of drug-likeness (QED) is 0.500. The maximum Gasteiger partial charge on any atom is 0.273 e. The molecule has 2 heterocycles. The number of rotatable bonds is 6. The first-order valence-corrected chi connectivity index (χ1v) is 9.88. The van der Waals surface area contributed by atoms with E-state index in [1.54, 1.807) is 6.07 Å². The molecule has 0 spiro atoms. The highest BCUT2D eigenvalue weighted by atomic mass is 16.6. The van der Waals surface area contributed by atoms with Crippen molar-refractivity contribution >= 4 is 22.3 Å². The fourth-order valence-corrected chi connectivity index (χ4v) is 3.84. The third-order valence-electron chi connectivity index (χ3n) is 5.40. The second kappa shape index (κ2) is 8.35. The van der Waals surface area contributed by atoms with Crippen molar-refractivity contribution in [1.82, 2.24) is 9.47 Å². The van der Waals surface area contributed by atoms with Crippen LogP contribution in [0.15, 0.2) is 53.3 Å². The van der Waals surface area contributed by atoms with E-state index in [1.165, 1.54) is 41.7 Å². The molecule has 152 valence electrons. The Balaban J connectivity index is 1.72. The van der Waals surface area contributed by atoms with Crippen LogP contribution in [-0.2, 0) is 0 Å². The number of likely N-dealkylation sites (tertiary alicyclic amines) is 1. The minimum absolute atomic E-state index is 0.0237. The van der Waals surface area contributed by atoms with E-state index in [0.717, 1.165) is 37.3 Å². The number of nitro groups is 1. The lowest BCUT2D eigenvalue weighted by molar-refractivity contribution is -0.384. The number of nitriles is 1. The average Bonchev–Trinajstić information content (AvgIpc) is 3.27. The second-order valence-corrected chi connectivity index (χ2v) is 7.33. The van der Waals surface area contributed by atoms with Crippen molar-refractivity contribution in [2.75, 3.05) is 31.5 Å². The van der Waals surface area contributed by atoms with Crippen LogP contribution >= 0.6 is 0 Å². The predicted octanol–water partition coefficient (Wildman–Crippen LogP) is 3.28. The lowest BCUT2D eigenvalue weighted by atomic mass is 10.1. The summed E-state index contributed by atoms with van der Waals surface area (Å²) in [7, 11) is 0. The van der Waals surface area contributed by atoms with Gasteiger partial charge in [-0.1, -0.05) is 6.07 Å². The van der Waals surface area contributed by atoms with Gasteiger partial charge in [-0.3, -0.25) is 19.5 Å². The van der Waals surface area contributed by atoms with Gasteiger partial charge < -0.3 is 10.2 Å². The lowest BCUT2D eigenvalue weighted by Crippen LogP contribution is -2.26. The second-order valence-electron chi connectivity index (χ2n) is 7.33. The van der Waals surface area contributed by atoms with Crippen molar-refractivity contribution in [1.29, 1.82) is 5.26 Å². The molecule has 8 nitrogen and oxygen atoms in total. The molecule has 0 radical (unpaired) electrons. The topological polar surface area (TPSA) is 104 Å². The van der Waals surface area contributed by atoms with E-state index in [1.807, 2.05) is 24.3 Å². The normalized spacial score (nSPS) is 14.0. The third-order valence-corrected chi connectivity index (χ3v) is 5.40. The van der Waals surface area contributed by atoms with Crippen molar-refractivity contribution in [3.8, 4) is 11.8 Å². The number of non-ortho nitro benzene ring substituents is 1. The smallest absolute Gasteiger partial charge is 0.273 e. The molecular formula is C22H21N5O3. The first-order chi connectivity index (χ1) is 14.6. The minimum Gasteiger partial charge on any atom is -0.384 e. The van der Waals surface area contributed by atoms with Crippen LogP contribution in [0, 0.1) is 21.4 Å². The molecule has 1 aromatic heterocycles. The zero-order chi connectivity index (χ0) is 21.1.